The zero-order chi connectivity index (χ0) is 9.14. The van der Waals surface area contributed by atoms with E-state index in [-0.39, 0.29) is 6.09 Å². The molecule has 0 aromatic rings. The number of hydrogen-bond acceptors (Lipinski definition) is 3. The van der Waals surface area contributed by atoms with Crippen LogP contribution in [0, 0.1) is 0 Å². The first-order chi connectivity index (χ1) is 5.65. The van der Waals surface area contributed by atoms with E-state index in [2.05, 4.69) is 16.7 Å². The highest BCUT2D eigenvalue weighted by Crippen LogP contribution is 2.12. The largest absolute Gasteiger partial charge is 0.453 e. The quantitative estimate of drug-likeness (QED) is 0.573. The third kappa shape index (κ3) is 1.88. The molecule has 4 nitrogen and oxygen atoms in total. The van der Waals surface area contributed by atoms with E-state index in [1.54, 1.807) is 11.9 Å². The fraction of sp³-hybridized carbons (Fsp3) is 0.875. The Bertz CT molecular complexity index is 172. The van der Waals surface area contributed by atoms with Crippen LogP contribution in [0.25, 0.3) is 0 Å². The lowest BCUT2D eigenvalue weighted by Crippen LogP contribution is -2.38. The van der Waals surface area contributed by atoms with Crippen LogP contribution in [-0.2, 0) is 4.74 Å². The third-order valence-electron chi connectivity index (χ3n) is 2.38. The van der Waals surface area contributed by atoms with Crippen molar-refractivity contribution in [2.24, 2.45) is 0 Å². The number of carbonyl (C=O) groups is 1. The van der Waals surface area contributed by atoms with Gasteiger partial charge in [-0.05, 0) is 20.0 Å². The topological polar surface area (TPSA) is 32.8 Å². The first-order valence-electron chi connectivity index (χ1n) is 4.14. The molecule has 1 amide bonds. The molecular weight excluding hydrogens is 156 g/mol. The molecule has 1 atom stereocenters. The van der Waals surface area contributed by atoms with Crippen LogP contribution in [0.3, 0.4) is 0 Å². The Labute approximate surface area is 73.1 Å². The molecule has 1 aliphatic rings. The summed E-state index contributed by atoms with van der Waals surface area (Å²) in [5.41, 5.74) is 0. The minimum absolute atomic E-state index is 0.240. The van der Waals surface area contributed by atoms with Gasteiger partial charge >= 0.3 is 6.09 Å². The van der Waals surface area contributed by atoms with Crippen LogP contribution in [-0.4, -0.2) is 56.2 Å². The van der Waals surface area contributed by atoms with Gasteiger partial charge in [-0.3, -0.25) is 0 Å². The molecule has 0 spiro atoms. The van der Waals surface area contributed by atoms with E-state index >= 15 is 0 Å². The lowest BCUT2D eigenvalue weighted by Gasteiger charge is -2.22. The zero-order valence-electron chi connectivity index (χ0n) is 7.91. The second-order valence-corrected chi connectivity index (χ2v) is 3.29. The summed E-state index contributed by atoms with van der Waals surface area (Å²) in [5, 5.41) is 0. The second-order valence-electron chi connectivity index (χ2n) is 3.29. The number of likely N-dealkylation sites (tertiary alicyclic amines) is 1. The lowest BCUT2D eigenvalue weighted by molar-refractivity contribution is 0.118. The number of rotatable bonds is 1. The number of nitrogens with zero attached hydrogens (tertiary/aromatic N) is 2. The predicted octanol–water partition coefficient (Wildman–Crippen LogP) is 0.389. The van der Waals surface area contributed by atoms with Gasteiger partial charge in [-0.15, -0.1) is 0 Å². The number of hydrogen-bond donors (Lipinski definition) is 0. The monoisotopic (exact) mass is 172 g/mol. The summed E-state index contributed by atoms with van der Waals surface area (Å²) in [6.45, 7) is 2.01. The minimum atomic E-state index is -0.240. The van der Waals surface area contributed by atoms with Crippen LogP contribution in [0.2, 0.25) is 0 Å². The van der Waals surface area contributed by atoms with Gasteiger partial charge in [-0.1, -0.05) is 0 Å². The molecule has 0 bridgehead atoms. The zero-order valence-corrected chi connectivity index (χ0v) is 7.91. The first-order valence-corrected chi connectivity index (χ1v) is 4.14. The smallest absolute Gasteiger partial charge is 0.409 e. The van der Waals surface area contributed by atoms with E-state index in [0.717, 1.165) is 19.5 Å². The molecule has 4 heteroatoms. The van der Waals surface area contributed by atoms with E-state index in [1.165, 1.54) is 7.11 Å². The van der Waals surface area contributed by atoms with Crippen molar-refractivity contribution in [2.45, 2.75) is 12.5 Å². The van der Waals surface area contributed by atoms with Crippen LogP contribution in [0.4, 0.5) is 4.79 Å². The molecule has 0 saturated carbocycles. The van der Waals surface area contributed by atoms with Crippen molar-refractivity contribution in [1.29, 1.82) is 0 Å². The van der Waals surface area contributed by atoms with Gasteiger partial charge in [0.05, 0.1) is 7.11 Å². The summed E-state index contributed by atoms with van der Waals surface area (Å²) in [6.07, 6.45) is 0.803. The number of ether oxygens (including phenoxy) is 1. The van der Waals surface area contributed by atoms with Gasteiger partial charge in [0.25, 0.3) is 0 Å². The maximum absolute atomic E-state index is 11.1. The molecule has 0 N–H and O–H groups in total. The summed E-state index contributed by atoms with van der Waals surface area (Å²) in [6, 6.07) is 0.322. The molecule has 1 rings (SSSR count). The Hall–Kier alpha value is -0.770. The van der Waals surface area contributed by atoms with E-state index in [4.69, 9.17) is 0 Å². The normalized spacial score (nSPS) is 24.1. The molecule has 0 radical (unpaired) electrons. The van der Waals surface area contributed by atoms with Gasteiger partial charge in [-0.25, -0.2) is 4.79 Å². The summed E-state index contributed by atoms with van der Waals surface area (Å²) in [4.78, 5) is 15.0. The predicted molar refractivity (Wildman–Crippen MR) is 46.1 cm³/mol. The lowest BCUT2D eigenvalue weighted by atomic mass is 10.2. The van der Waals surface area contributed by atoms with Crippen LogP contribution in [0.5, 0.6) is 0 Å². The summed E-state index contributed by atoms with van der Waals surface area (Å²) >= 11 is 0. The second kappa shape index (κ2) is 3.76. The van der Waals surface area contributed by atoms with Crippen LogP contribution < -0.4 is 0 Å². The molecule has 0 aliphatic carbocycles. The first kappa shape index (κ1) is 9.32. The molecule has 70 valence electrons. The molecular formula is C8H16N2O2. The van der Waals surface area contributed by atoms with Gasteiger partial charge < -0.3 is 14.5 Å². The van der Waals surface area contributed by atoms with Crippen molar-refractivity contribution in [2.75, 3.05) is 34.3 Å². The molecule has 0 aromatic carbocycles. The van der Waals surface area contributed by atoms with Crippen LogP contribution in [0.15, 0.2) is 0 Å². The maximum Gasteiger partial charge on any atom is 0.409 e. The fourth-order valence-corrected chi connectivity index (χ4v) is 1.52. The molecule has 0 unspecified atom stereocenters. The van der Waals surface area contributed by atoms with E-state index < -0.39 is 0 Å². The summed E-state index contributed by atoms with van der Waals surface area (Å²) in [5.74, 6) is 0. The Morgan fingerprint density at radius 3 is 2.75 bits per heavy atom. The molecule has 1 saturated heterocycles. The minimum Gasteiger partial charge on any atom is -0.453 e. The summed E-state index contributed by atoms with van der Waals surface area (Å²) < 4.78 is 4.63. The van der Waals surface area contributed by atoms with Crippen molar-refractivity contribution < 1.29 is 9.53 Å². The molecule has 1 aliphatic heterocycles. The Morgan fingerprint density at radius 2 is 2.33 bits per heavy atom. The van der Waals surface area contributed by atoms with Crippen molar-refractivity contribution >= 4 is 6.09 Å². The van der Waals surface area contributed by atoms with Crippen molar-refractivity contribution in [3.8, 4) is 0 Å². The number of amides is 1. The average Bonchev–Trinajstić information content (AvgIpc) is 2.49. The van der Waals surface area contributed by atoms with Gasteiger partial charge in [0.2, 0.25) is 0 Å². The number of methoxy groups -OCH3 is 1. The highest BCUT2D eigenvalue weighted by atomic mass is 16.5. The van der Waals surface area contributed by atoms with E-state index in [9.17, 15) is 4.79 Å². The van der Waals surface area contributed by atoms with Crippen LogP contribution in [0.1, 0.15) is 6.42 Å². The van der Waals surface area contributed by atoms with E-state index in [1.807, 2.05) is 0 Å². The van der Waals surface area contributed by atoms with Crippen molar-refractivity contribution in [3.05, 3.63) is 0 Å². The third-order valence-corrected chi connectivity index (χ3v) is 2.38. The summed E-state index contributed by atoms with van der Waals surface area (Å²) in [7, 11) is 5.26. The molecule has 1 fully saturated rings. The average molecular weight is 172 g/mol. The fourth-order valence-electron chi connectivity index (χ4n) is 1.52. The number of carbonyl (C=O) groups excluding carboxylic acids is 1. The van der Waals surface area contributed by atoms with Crippen LogP contribution >= 0.6 is 0 Å². The van der Waals surface area contributed by atoms with Crippen molar-refractivity contribution in [1.82, 2.24) is 9.80 Å². The van der Waals surface area contributed by atoms with Gasteiger partial charge in [-0.2, -0.15) is 0 Å². The van der Waals surface area contributed by atoms with Crippen molar-refractivity contribution in [3.63, 3.8) is 0 Å². The Morgan fingerprint density at radius 1 is 1.67 bits per heavy atom. The highest BCUT2D eigenvalue weighted by Gasteiger charge is 2.26. The Kier molecular flexibility index (Phi) is 2.92. The molecule has 12 heavy (non-hydrogen) atoms. The number of likely N-dealkylation sites (N-methyl/N-ethyl adjacent to an activating group) is 2. The highest BCUT2D eigenvalue weighted by molar-refractivity contribution is 5.67. The standard InChI is InChI=1S/C8H16N2O2/c1-9-5-4-7(6-9)10(2)8(11)12-3/h7H,4-6H2,1-3H3/t7-/m1/s1. The maximum atomic E-state index is 11.1. The molecule has 0 aromatic heterocycles. The SMILES string of the molecule is COC(=O)N(C)[C@@H]1CCN(C)C1. The van der Waals surface area contributed by atoms with E-state index in [0.29, 0.717) is 6.04 Å². The van der Waals surface area contributed by atoms with Gasteiger partial charge in [0.15, 0.2) is 0 Å². The molecule has 1 heterocycles. The van der Waals surface area contributed by atoms with Gasteiger partial charge in [0.1, 0.15) is 0 Å². The Balaban J connectivity index is 2.42. The van der Waals surface area contributed by atoms with Gasteiger partial charge in [0, 0.05) is 19.6 Å².